The topological polar surface area (TPSA) is 42.7 Å². The van der Waals surface area contributed by atoms with Crippen molar-refractivity contribution < 1.29 is 0 Å². The second kappa shape index (κ2) is 3.34. The number of aryl methyl sites for hydroxylation is 2. The van der Waals surface area contributed by atoms with E-state index in [-0.39, 0.29) is 0 Å². The molecule has 3 heterocycles. The molecular weight excluding hydrogens is 208 g/mol. The lowest BCUT2D eigenvalue weighted by Gasteiger charge is -2.12. The zero-order valence-electron chi connectivity index (χ0n) is 8.53. The molecule has 0 aliphatic carbocycles. The third-order valence-electron chi connectivity index (χ3n) is 2.57. The van der Waals surface area contributed by atoms with Gasteiger partial charge < -0.3 is 5.32 Å². The smallest absolute Gasteiger partial charge is 0.221 e. The Morgan fingerprint density at radius 3 is 3.20 bits per heavy atom. The van der Waals surface area contributed by atoms with Gasteiger partial charge in [0.05, 0.1) is 4.88 Å². The number of anilines is 1. The Bertz CT molecular complexity index is 462. The maximum atomic E-state index is 4.51. The molecule has 1 aliphatic heterocycles. The predicted octanol–water partition coefficient (Wildman–Crippen LogP) is 2.13. The SMILES string of the molecule is Cc1ccsc1-c1nc2n(n1)CCCN2. The number of aromatic nitrogens is 3. The first-order chi connectivity index (χ1) is 7.34. The van der Waals surface area contributed by atoms with E-state index in [0.29, 0.717) is 0 Å². The monoisotopic (exact) mass is 220 g/mol. The van der Waals surface area contributed by atoms with Crippen molar-refractivity contribution in [1.29, 1.82) is 0 Å². The van der Waals surface area contributed by atoms with Gasteiger partial charge in [-0.25, -0.2) is 4.68 Å². The van der Waals surface area contributed by atoms with Gasteiger partial charge in [0.2, 0.25) is 5.95 Å². The molecule has 1 aliphatic rings. The van der Waals surface area contributed by atoms with E-state index in [1.165, 1.54) is 10.4 Å². The summed E-state index contributed by atoms with van der Waals surface area (Å²) < 4.78 is 1.96. The third kappa shape index (κ3) is 1.43. The lowest BCUT2D eigenvalue weighted by atomic mass is 10.3. The minimum atomic E-state index is 0.854. The summed E-state index contributed by atoms with van der Waals surface area (Å²) in [5.74, 6) is 1.76. The molecule has 5 heteroatoms. The fraction of sp³-hybridized carbons (Fsp3) is 0.400. The van der Waals surface area contributed by atoms with Crippen LogP contribution in [-0.2, 0) is 6.54 Å². The largest absolute Gasteiger partial charge is 0.354 e. The van der Waals surface area contributed by atoms with E-state index in [2.05, 4.69) is 33.8 Å². The third-order valence-corrected chi connectivity index (χ3v) is 3.58. The molecule has 0 saturated heterocycles. The molecule has 4 nitrogen and oxygen atoms in total. The van der Waals surface area contributed by atoms with E-state index in [9.17, 15) is 0 Å². The van der Waals surface area contributed by atoms with Crippen molar-refractivity contribution in [3.05, 3.63) is 17.0 Å². The predicted molar refractivity (Wildman–Crippen MR) is 61.2 cm³/mol. The highest BCUT2D eigenvalue weighted by Crippen LogP contribution is 2.27. The van der Waals surface area contributed by atoms with E-state index < -0.39 is 0 Å². The van der Waals surface area contributed by atoms with Crippen LogP contribution in [0.5, 0.6) is 0 Å². The van der Waals surface area contributed by atoms with Gasteiger partial charge in [0.1, 0.15) is 0 Å². The minimum absolute atomic E-state index is 0.854. The standard InChI is InChI=1S/C10H12N4S/c1-7-3-6-15-8(7)9-12-10-11-4-2-5-14(10)13-9/h3,6H,2,4-5H2,1H3,(H,11,12,13). The van der Waals surface area contributed by atoms with Gasteiger partial charge in [-0.3, -0.25) is 0 Å². The van der Waals surface area contributed by atoms with Crippen molar-refractivity contribution in [1.82, 2.24) is 14.8 Å². The average Bonchev–Trinajstić information content (AvgIpc) is 2.82. The van der Waals surface area contributed by atoms with Crippen LogP contribution in [0.1, 0.15) is 12.0 Å². The van der Waals surface area contributed by atoms with Gasteiger partial charge >= 0.3 is 0 Å². The molecule has 3 rings (SSSR count). The Hall–Kier alpha value is -1.36. The number of fused-ring (bicyclic) bond motifs is 1. The number of thiophene rings is 1. The molecule has 15 heavy (non-hydrogen) atoms. The van der Waals surface area contributed by atoms with E-state index >= 15 is 0 Å². The van der Waals surface area contributed by atoms with E-state index in [1.807, 2.05) is 4.68 Å². The fourth-order valence-corrected chi connectivity index (χ4v) is 2.61. The molecule has 0 bridgehead atoms. The first-order valence-corrected chi connectivity index (χ1v) is 5.96. The van der Waals surface area contributed by atoms with E-state index in [4.69, 9.17) is 0 Å². The number of nitrogens with zero attached hydrogens (tertiary/aromatic N) is 3. The Balaban J connectivity index is 2.06. The lowest BCUT2D eigenvalue weighted by molar-refractivity contribution is 0.566. The normalized spacial score (nSPS) is 14.7. The van der Waals surface area contributed by atoms with Gasteiger partial charge in [-0.1, -0.05) is 0 Å². The van der Waals surface area contributed by atoms with Crippen LogP contribution in [-0.4, -0.2) is 21.3 Å². The summed E-state index contributed by atoms with van der Waals surface area (Å²) in [5.41, 5.74) is 1.25. The lowest BCUT2D eigenvalue weighted by Crippen LogP contribution is -2.17. The van der Waals surface area contributed by atoms with Crippen LogP contribution in [0.3, 0.4) is 0 Å². The highest BCUT2D eigenvalue weighted by Gasteiger charge is 2.15. The molecule has 0 fully saturated rings. The first kappa shape index (κ1) is 8.91. The molecule has 0 atom stereocenters. The molecule has 0 unspecified atom stereocenters. The summed E-state index contributed by atoms with van der Waals surface area (Å²) in [6, 6.07) is 2.10. The summed E-state index contributed by atoms with van der Waals surface area (Å²) in [6.45, 7) is 4.07. The van der Waals surface area contributed by atoms with Crippen LogP contribution in [0, 0.1) is 6.92 Å². The number of nitrogens with one attached hydrogen (secondary N) is 1. The maximum Gasteiger partial charge on any atom is 0.221 e. The maximum absolute atomic E-state index is 4.51. The zero-order chi connectivity index (χ0) is 10.3. The molecule has 0 radical (unpaired) electrons. The van der Waals surface area contributed by atoms with Crippen molar-refractivity contribution in [3.8, 4) is 10.7 Å². The number of rotatable bonds is 1. The molecule has 0 amide bonds. The van der Waals surface area contributed by atoms with E-state index in [1.54, 1.807) is 11.3 Å². The minimum Gasteiger partial charge on any atom is -0.354 e. The molecular formula is C10H12N4S. The van der Waals surface area contributed by atoms with Crippen LogP contribution in [0.25, 0.3) is 10.7 Å². The summed E-state index contributed by atoms with van der Waals surface area (Å²) in [5, 5.41) is 9.85. The van der Waals surface area contributed by atoms with Crippen LogP contribution in [0.2, 0.25) is 0 Å². The van der Waals surface area contributed by atoms with Gasteiger partial charge in [-0.15, -0.1) is 16.4 Å². The van der Waals surface area contributed by atoms with Crippen molar-refractivity contribution in [2.45, 2.75) is 19.9 Å². The van der Waals surface area contributed by atoms with Crippen molar-refractivity contribution in [2.75, 3.05) is 11.9 Å². The van der Waals surface area contributed by atoms with Crippen molar-refractivity contribution in [3.63, 3.8) is 0 Å². The molecule has 0 aromatic carbocycles. The Morgan fingerprint density at radius 2 is 2.47 bits per heavy atom. The number of hydrogen-bond acceptors (Lipinski definition) is 4. The Kier molecular flexibility index (Phi) is 1.98. The van der Waals surface area contributed by atoms with Gasteiger partial charge in [0.25, 0.3) is 0 Å². The van der Waals surface area contributed by atoms with Gasteiger partial charge in [0, 0.05) is 13.1 Å². The van der Waals surface area contributed by atoms with Gasteiger partial charge in [-0.05, 0) is 30.4 Å². The number of hydrogen-bond donors (Lipinski definition) is 1. The fourth-order valence-electron chi connectivity index (χ4n) is 1.76. The molecule has 2 aromatic rings. The highest BCUT2D eigenvalue weighted by molar-refractivity contribution is 7.13. The van der Waals surface area contributed by atoms with Crippen LogP contribution >= 0.6 is 11.3 Å². The summed E-state index contributed by atoms with van der Waals surface area (Å²) in [6.07, 6.45) is 1.12. The summed E-state index contributed by atoms with van der Waals surface area (Å²) in [7, 11) is 0. The first-order valence-electron chi connectivity index (χ1n) is 5.08. The average molecular weight is 220 g/mol. The van der Waals surface area contributed by atoms with E-state index in [0.717, 1.165) is 31.3 Å². The van der Waals surface area contributed by atoms with Gasteiger partial charge in [-0.2, -0.15) is 4.98 Å². The molecule has 78 valence electrons. The van der Waals surface area contributed by atoms with Crippen molar-refractivity contribution >= 4 is 17.3 Å². The van der Waals surface area contributed by atoms with Crippen LogP contribution in [0.4, 0.5) is 5.95 Å². The second-order valence-corrected chi connectivity index (χ2v) is 4.61. The molecule has 1 N–H and O–H groups in total. The van der Waals surface area contributed by atoms with Crippen molar-refractivity contribution in [2.24, 2.45) is 0 Å². The highest BCUT2D eigenvalue weighted by atomic mass is 32.1. The Morgan fingerprint density at radius 1 is 1.53 bits per heavy atom. The summed E-state index contributed by atoms with van der Waals surface area (Å²) in [4.78, 5) is 5.68. The summed E-state index contributed by atoms with van der Waals surface area (Å²) >= 11 is 1.70. The zero-order valence-corrected chi connectivity index (χ0v) is 9.34. The second-order valence-electron chi connectivity index (χ2n) is 3.70. The van der Waals surface area contributed by atoms with Crippen LogP contribution in [0.15, 0.2) is 11.4 Å². The van der Waals surface area contributed by atoms with Gasteiger partial charge in [0.15, 0.2) is 5.82 Å². The molecule has 0 saturated carbocycles. The Labute approximate surface area is 92.0 Å². The molecule has 2 aromatic heterocycles. The molecule has 0 spiro atoms. The quantitative estimate of drug-likeness (QED) is 0.800. The van der Waals surface area contributed by atoms with Crippen LogP contribution < -0.4 is 5.32 Å².